The summed E-state index contributed by atoms with van der Waals surface area (Å²) < 4.78 is 11.4. The smallest absolute Gasteiger partial charge is 0.0547 e. The highest BCUT2D eigenvalue weighted by molar-refractivity contribution is 5.88. The molecule has 0 unspecified atom stereocenters. The van der Waals surface area contributed by atoms with Gasteiger partial charge in [0, 0.05) is 19.6 Å². The van der Waals surface area contributed by atoms with E-state index in [0.29, 0.717) is 13.2 Å². The maximum absolute atomic E-state index is 5.68. The third-order valence-corrected chi connectivity index (χ3v) is 6.11. The van der Waals surface area contributed by atoms with Crippen molar-refractivity contribution in [3.05, 3.63) is 94.6 Å². The average molecular weight is 387 g/mol. The van der Waals surface area contributed by atoms with Gasteiger partial charge in [-0.2, -0.15) is 0 Å². The zero-order chi connectivity index (χ0) is 20.3. The second-order valence-electron chi connectivity index (χ2n) is 8.47. The molecule has 2 heteroatoms. The summed E-state index contributed by atoms with van der Waals surface area (Å²) in [5, 5.41) is 0. The Hall–Kier alpha value is -2.42. The van der Waals surface area contributed by atoms with E-state index in [2.05, 4.69) is 73.7 Å². The summed E-state index contributed by atoms with van der Waals surface area (Å²) in [6.45, 7) is 3.67. The average Bonchev–Trinajstić information content (AvgIpc) is 3.04. The Morgan fingerprint density at radius 1 is 0.724 bits per heavy atom. The summed E-state index contributed by atoms with van der Waals surface area (Å²) in [5.74, 6) is 0. The largest absolute Gasteiger partial charge is 0.384 e. The zero-order valence-electron chi connectivity index (χ0n) is 17.7. The number of rotatable bonds is 6. The highest BCUT2D eigenvalue weighted by Gasteiger charge is 2.42. The molecule has 2 aromatic rings. The molecule has 4 rings (SSSR count). The summed E-state index contributed by atoms with van der Waals surface area (Å²) in [7, 11) is 3.60. The van der Waals surface area contributed by atoms with Gasteiger partial charge in [-0.1, -0.05) is 72.3 Å². The predicted molar refractivity (Wildman–Crippen MR) is 121 cm³/mol. The van der Waals surface area contributed by atoms with E-state index in [1.165, 1.54) is 39.0 Å². The van der Waals surface area contributed by atoms with Crippen molar-refractivity contribution < 1.29 is 9.47 Å². The van der Waals surface area contributed by atoms with Gasteiger partial charge >= 0.3 is 0 Å². The Balaban J connectivity index is 1.95. The minimum Gasteiger partial charge on any atom is -0.384 e. The van der Waals surface area contributed by atoms with Crippen molar-refractivity contribution >= 4 is 11.1 Å². The molecule has 29 heavy (non-hydrogen) atoms. The Kier molecular flexibility index (Phi) is 5.84. The molecule has 0 heterocycles. The first-order chi connectivity index (χ1) is 14.2. The fourth-order valence-electron chi connectivity index (χ4n) is 4.99. The third kappa shape index (κ3) is 4.01. The van der Waals surface area contributed by atoms with Gasteiger partial charge in [0.05, 0.1) is 13.2 Å². The lowest BCUT2D eigenvalue weighted by atomic mass is 9.85. The summed E-state index contributed by atoms with van der Waals surface area (Å²) in [5.41, 5.74) is 9.77. The first kappa shape index (κ1) is 19.9. The van der Waals surface area contributed by atoms with Gasteiger partial charge in [0.25, 0.3) is 0 Å². The van der Waals surface area contributed by atoms with Gasteiger partial charge in [-0.15, -0.1) is 0 Å². The SMILES string of the molecule is COCC1(COC)CC2=C(c3ccccc3)C=C(C)CC(c3ccccc3)=C2C1. The molecule has 2 aliphatic carbocycles. The van der Waals surface area contributed by atoms with Crippen LogP contribution in [0.15, 0.2) is 83.5 Å². The van der Waals surface area contributed by atoms with Crippen LogP contribution in [0.2, 0.25) is 0 Å². The van der Waals surface area contributed by atoms with Gasteiger partial charge in [-0.05, 0) is 59.6 Å². The predicted octanol–water partition coefficient (Wildman–Crippen LogP) is 6.32. The molecule has 2 nitrogen and oxygen atoms in total. The highest BCUT2D eigenvalue weighted by Crippen LogP contribution is 2.53. The Morgan fingerprint density at radius 3 is 1.86 bits per heavy atom. The molecule has 0 aromatic heterocycles. The van der Waals surface area contributed by atoms with Crippen LogP contribution in [0.1, 0.15) is 37.3 Å². The first-order valence-electron chi connectivity index (χ1n) is 10.4. The van der Waals surface area contributed by atoms with Crippen LogP contribution in [0.5, 0.6) is 0 Å². The Morgan fingerprint density at radius 2 is 1.28 bits per heavy atom. The van der Waals surface area contributed by atoms with Crippen molar-refractivity contribution in [2.24, 2.45) is 5.41 Å². The van der Waals surface area contributed by atoms with E-state index in [9.17, 15) is 0 Å². The summed E-state index contributed by atoms with van der Waals surface area (Å²) in [6.07, 6.45) is 5.35. The van der Waals surface area contributed by atoms with Crippen LogP contribution in [0, 0.1) is 5.41 Å². The minimum atomic E-state index is -0.00663. The first-order valence-corrected chi connectivity index (χ1v) is 10.4. The second kappa shape index (κ2) is 8.52. The molecule has 1 saturated carbocycles. The van der Waals surface area contributed by atoms with Crippen molar-refractivity contribution in [1.82, 2.24) is 0 Å². The van der Waals surface area contributed by atoms with Crippen molar-refractivity contribution in [2.45, 2.75) is 26.2 Å². The van der Waals surface area contributed by atoms with Crippen molar-refractivity contribution in [2.75, 3.05) is 27.4 Å². The Bertz CT molecular complexity index is 943. The molecule has 0 spiro atoms. The maximum atomic E-state index is 5.68. The van der Waals surface area contributed by atoms with Gasteiger partial charge in [-0.3, -0.25) is 0 Å². The molecule has 0 radical (unpaired) electrons. The van der Waals surface area contributed by atoms with Crippen LogP contribution in [-0.2, 0) is 9.47 Å². The number of hydrogen-bond donors (Lipinski definition) is 0. The molecule has 0 aliphatic heterocycles. The van der Waals surface area contributed by atoms with Gasteiger partial charge in [-0.25, -0.2) is 0 Å². The Labute approximate surface area is 174 Å². The quantitative estimate of drug-likeness (QED) is 0.578. The van der Waals surface area contributed by atoms with E-state index in [4.69, 9.17) is 9.47 Å². The van der Waals surface area contributed by atoms with E-state index in [1.54, 1.807) is 14.2 Å². The van der Waals surface area contributed by atoms with E-state index in [0.717, 1.165) is 19.3 Å². The normalized spacial score (nSPS) is 18.5. The van der Waals surface area contributed by atoms with Crippen LogP contribution < -0.4 is 0 Å². The number of fused-ring (bicyclic) bond motifs is 1. The monoisotopic (exact) mass is 386 g/mol. The standard InChI is InChI=1S/C27H30O2/c1-20-14-23(21-10-6-4-7-11-21)25-16-27(18-28-2,19-29-3)17-26(25)24(15-20)22-12-8-5-9-13-22/h4-14H,15-19H2,1-3H3. The van der Waals surface area contributed by atoms with E-state index in [-0.39, 0.29) is 5.41 Å². The van der Waals surface area contributed by atoms with E-state index < -0.39 is 0 Å². The zero-order valence-corrected chi connectivity index (χ0v) is 17.7. The van der Waals surface area contributed by atoms with Crippen LogP contribution in [0.4, 0.5) is 0 Å². The summed E-state index contributed by atoms with van der Waals surface area (Å²) >= 11 is 0. The summed E-state index contributed by atoms with van der Waals surface area (Å²) in [4.78, 5) is 0. The van der Waals surface area contributed by atoms with Crippen LogP contribution in [0.25, 0.3) is 11.1 Å². The van der Waals surface area contributed by atoms with Gasteiger partial charge in [0.15, 0.2) is 0 Å². The molecule has 0 saturated heterocycles. The topological polar surface area (TPSA) is 18.5 Å². The van der Waals surface area contributed by atoms with Crippen LogP contribution in [-0.4, -0.2) is 27.4 Å². The molecule has 150 valence electrons. The molecule has 0 amide bonds. The fourth-order valence-corrected chi connectivity index (χ4v) is 4.99. The second-order valence-corrected chi connectivity index (χ2v) is 8.47. The lowest BCUT2D eigenvalue weighted by Gasteiger charge is -2.27. The minimum absolute atomic E-state index is 0.00663. The van der Waals surface area contributed by atoms with Crippen molar-refractivity contribution in [3.8, 4) is 0 Å². The molecule has 2 aromatic carbocycles. The lowest BCUT2D eigenvalue weighted by molar-refractivity contribution is 0.0190. The number of hydrogen-bond acceptors (Lipinski definition) is 2. The molecule has 2 aliphatic rings. The molecule has 0 bridgehead atoms. The molecule has 0 atom stereocenters. The molecular formula is C27H30O2. The third-order valence-electron chi connectivity index (χ3n) is 6.11. The molecular weight excluding hydrogens is 356 g/mol. The lowest BCUT2D eigenvalue weighted by Crippen LogP contribution is -2.28. The fraction of sp³-hybridized carbons (Fsp3) is 0.333. The maximum Gasteiger partial charge on any atom is 0.0547 e. The van der Waals surface area contributed by atoms with Gasteiger partial charge in [0.1, 0.15) is 0 Å². The number of methoxy groups -OCH3 is 2. The van der Waals surface area contributed by atoms with Crippen molar-refractivity contribution in [3.63, 3.8) is 0 Å². The van der Waals surface area contributed by atoms with Gasteiger partial charge < -0.3 is 9.47 Å². The van der Waals surface area contributed by atoms with Gasteiger partial charge in [0.2, 0.25) is 0 Å². The highest BCUT2D eigenvalue weighted by atomic mass is 16.5. The van der Waals surface area contributed by atoms with E-state index in [1.807, 2.05) is 0 Å². The number of ether oxygens (including phenoxy) is 2. The van der Waals surface area contributed by atoms with E-state index >= 15 is 0 Å². The number of benzene rings is 2. The molecule has 0 N–H and O–H groups in total. The van der Waals surface area contributed by atoms with Crippen molar-refractivity contribution in [1.29, 1.82) is 0 Å². The summed E-state index contributed by atoms with van der Waals surface area (Å²) in [6, 6.07) is 21.7. The van der Waals surface area contributed by atoms with Crippen LogP contribution >= 0.6 is 0 Å². The van der Waals surface area contributed by atoms with Crippen LogP contribution in [0.3, 0.4) is 0 Å². The molecule has 1 fully saturated rings. The number of allylic oxidation sites excluding steroid dienone is 6.